The van der Waals surface area contributed by atoms with E-state index < -0.39 is 0 Å². The van der Waals surface area contributed by atoms with E-state index in [9.17, 15) is 9.59 Å². The van der Waals surface area contributed by atoms with E-state index in [0.717, 1.165) is 5.76 Å². The van der Waals surface area contributed by atoms with Crippen molar-refractivity contribution >= 4 is 5.91 Å². The number of ether oxygens (including phenoxy) is 1. The van der Waals surface area contributed by atoms with Gasteiger partial charge in [0.1, 0.15) is 29.6 Å². The average Bonchev–Trinajstić information content (AvgIpc) is 3.12. The van der Waals surface area contributed by atoms with Crippen LogP contribution in [0.2, 0.25) is 0 Å². The minimum absolute atomic E-state index is 0.0588. The van der Waals surface area contributed by atoms with Crippen LogP contribution in [0.3, 0.4) is 0 Å². The summed E-state index contributed by atoms with van der Waals surface area (Å²) < 4.78 is 12.5. The standard InChI is InChI=1S/C22H25N3O4/c1-16(2)24(15-19-10-9-17(3)29-19)22(27)20-11-12-21(26)25(23-20)13-14-28-18-7-5-4-6-8-18/h4-12,16H,13-15H2,1-3H3. The SMILES string of the molecule is Cc1ccc(CN(C(=O)c2ccc(=O)n(CCOc3ccccc3)n2)C(C)C)o1. The highest BCUT2D eigenvalue weighted by atomic mass is 16.5. The lowest BCUT2D eigenvalue weighted by Crippen LogP contribution is -2.38. The third-order valence-corrected chi connectivity index (χ3v) is 4.41. The fraction of sp³-hybridized carbons (Fsp3) is 0.318. The largest absolute Gasteiger partial charge is 0.492 e. The molecule has 1 aromatic carbocycles. The minimum Gasteiger partial charge on any atom is -0.492 e. The van der Waals surface area contributed by atoms with E-state index in [1.807, 2.05) is 63.2 Å². The summed E-state index contributed by atoms with van der Waals surface area (Å²) >= 11 is 0. The predicted octanol–water partition coefficient (Wildman–Crippen LogP) is 3.27. The molecule has 7 nitrogen and oxygen atoms in total. The number of amides is 1. The lowest BCUT2D eigenvalue weighted by Gasteiger charge is -2.25. The summed E-state index contributed by atoms with van der Waals surface area (Å²) in [5, 5.41) is 4.26. The minimum atomic E-state index is -0.282. The number of nitrogens with zero attached hydrogens (tertiary/aromatic N) is 3. The van der Waals surface area contributed by atoms with Crippen LogP contribution >= 0.6 is 0 Å². The zero-order valence-corrected chi connectivity index (χ0v) is 16.9. The predicted molar refractivity (Wildman–Crippen MR) is 109 cm³/mol. The molecule has 0 unspecified atom stereocenters. The van der Waals surface area contributed by atoms with Crippen LogP contribution in [-0.2, 0) is 13.1 Å². The van der Waals surface area contributed by atoms with Gasteiger partial charge in [0.15, 0.2) is 0 Å². The number of aryl methyl sites for hydroxylation is 1. The molecule has 0 N–H and O–H groups in total. The van der Waals surface area contributed by atoms with Crippen molar-refractivity contribution in [3.63, 3.8) is 0 Å². The molecule has 0 aliphatic heterocycles. The van der Waals surface area contributed by atoms with Gasteiger partial charge in [0.25, 0.3) is 11.5 Å². The second-order valence-electron chi connectivity index (χ2n) is 6.98. The monoisotopic (exact) mass is 395 g/mol. The molecule has 0 saturated carbocycles. The van der Waals surface area contributed by atoms with Crippen molar-refractivity contribution in [2.45, 2.75) is 39.9 Å². The van der Waals surface area contributed by atoms with Crippen molar-refractivity contribution in [1.82, 2.24) is 14.7 Å². The van der Waals surface area contributed by atoms with E-state index in [2.05, 4.69) is 5.10 Å². The van der Waals surface area contributed by atoms with Gasteiger partial charge in [0, 0.05) is 12.1 Å². The Morgan fingerprint density at radius 3 is 2.55 bits per heavy atom. The van der Waals surface area contributed by atoms with Gasteiger partial charge in [-0.15, -0.1) is 0 Å². The smallest absolute Gasteiger partial charge is 0.274 e. The third kappa shape index (κ3) is 5.34. The van der Waals surface area contributed by atoms with Crippen LogP contribution in [0.5, 0.6) is 5.75 Å². The summed E-state index contributed by atoms with van der Waals surface area (Å²) in [6.07, 6.45) is 0. The molecule has 0 bridgehead atoms. The second kappa shape index (κ2) is 9.23. The third-order valence-electron chi connectivity index (χ3n) is 4.41. The second-order valence-corrected chi connectivity index (χ2v) is 6.98. The number of aromatic nitrogens is 2. The van der Waals surface area contributed by atoms with Crippen LogP contribution < -0.4 is 10.3 Å². The molecule has 0 fully saturated rings. The molecular weight excluding hydrogens is 370 g/mol. The Labute approximate surface area is 169 Å². The van der Waals surface area contributed by atoms with E-state index >= 15 is 0 Å². The van der Waals surface area contributed by atoms with Gasteiger partial charge >= 0.3 is 0 Å². The maximum atomic E-state index is 13.0. The summed E-state index contributed by atoms with van der Waals surface area (Å²) in [5.41, 5.74) is -0.0720. The van der Waals surface area contributed by atoms with Gasteiger partial charge < -0.3 is 14.1 Å². The van der Waals surface area contributed by atoms with E-state index in [1.54, 1.807) is 4.90 Å². The molecular formula is C22H25N3O4. The Balaban J connectivity index is 1.72. The van der Waals surface area contributed by atoms with Crippen LogP contribution in [0.25, 0.3) is 0 Å². The highest BCUT2D eigenvalue weighted by Crippen LogP contribution is 2.14. The van der Waals surface area contributed by atoms with Crippen LogP contribution in [-0.4, -0.2) is 33.2 Å². The van der Waals surface area contributed by atoms with Crippen LogP contribution in [0, 0.1) is 6.92 Å². The molecule has 0 aliphatic rings. The molecule has 0 atom stereocenters. The Kier molecular flexibility index (Phi) is 6.49. The van der Waals surface area contributed by atoms with Crippen LogP contribution in [0.1, 0.15) is 35.9 Å². The first-order valence-electron chi connectivity index (χ1n) is 9.56. The first kappa shape index (κ1) is 20.4. The molecule has 152 valence electrons. The highest BCUT2D eigenvalue weighted by Gasteiger charge is 2.22. The summed E-state index contributed by atoms with van der Waals surface area (Å²) in [5.74, 6) is 1.95. The molecule has 0 spiro atoms. The zero-order chi connectivity index (χ0) is 20.8. The molecule has 7 heteroatoms. The van der Waals surface area contributed by atoms with Crippen LogP contribution in [0.4, 0.5) is 0 Å². The van der Waals surface area contributed by atoms with Crippen LogP contribution in [0.15, 0.2) is 63.8 Å². The number of para-hydroxylation sites is 1. The van der Waals surface area contributed by atoms with Gasteiger partial charge in [-0.1, -0.05) is 18.2 Å². The van der Waals surface area contributed by atoms with Gasteiger partial charge in [-0.2, -0.15) is 5.10 Å². The van der Waals surface area contributed by atoms with Gasteiger partial charge in [-0.25, -0.2) is 4.68 Å². The molecule has 0 aliphatic carbocycles. The van der Waals surface area contributed by atoms with Gasteiger partial charge in [0.05, 0.1) is 13.1 Å². The van der Waals surface area contributed by atoms with E-state index in [4.69, 9.17) is 9.15 Å². The van der Waals surface area contributed by atoms with Crippen molar-refractivity contribution in [2.75, 3.05) is 6.61 Å². The highest BCUT2D eigenvalue weighted by molar-refractivity contribution is 5.92. The molecule has 3 aromatic rings. The summed E-state index contributed by atoms with van der Waals surface area (Å²) in [6, 6.07) is 15.8. The topological polar surface area (TPSA) is 77.6 Å². The number of benzene rings is 1. The Hall–Kier alpha value is -3.35. The number of hydrogen-bond donors (Lipinski definition) is 0. The normalized spacial score (nSPS) is 10.9. The summed E-state index contributed by atoms with van der Waals surface area (Å²) in [7, 11) is 0. The van der Waals surface area contributed by atoms with E-state index in [-0.39, 0.29) is 36.4 Å². The first-order chi connectivity index (χ1) is 13.9. The van der Waals surface area contributed by atoms with Gasteiger partial charge in [0.2, 0.25) is 0 Å². The van der Waals surface area contributed by atoms with Gasteiger partial charge in [-0.3, -0.25) is 9.59 Å². The lowest BCUT2D eigenvalue weighted by molar-refractivity contribution is 0.0665. The first-order valence-corrected chi connectivity index (χ1v) is 9.56. The maximum absolute atomic E-state index is 13.0. The summed E-state index contributed by atoms with van der Waals surface area (Å²) in [4.78, 5) is 26.8. The van der Waals surface area contributed by atoms with Crippen molar-refractivity contribution in [3.05, 3.63) is 82.2 Å². The molecule has 3 rings (SSSR count). The number of carbonyl (C=O) groups is 1. The maximum Gasteiger partial charge on any atom is 0.274 e. The molecule has 2 heterocycles. The summed E-state index contributed by atoms with van der Waals surface area (Å²) in [6.45, 7) is 6.57. The Bertz CT molecular complexity index is 1010. The fourth-order valence-corrected chi connectivity index (χ4v) is 2.86. The molecule has 29 heavy (non-hydrogen) atoms. The van der Waals surface area contributed by atoms with E-state index in [0.29, 0.717) is 18.1 Å². The number of hydrogen-bond acceptors (Lipinski definition) is 5. The fourth-order valence-electron chi connectivity index (χ4n) is 2.86. The average molecular weight is 395 g/mol. The van der Waals surface area contributed by atoms with Gasteiger partial charge in [-0.05, 0) is 51.1 Å². The van der Waals surface area contributed by atoms with Crippen molar-refractivity contribution in [2.24, 2.45) is 0 Å². The molecule has 2 aromatic heterocycles. The van der Waals surface area contributed by atoms with Crippen molar-refractivity contribution in [3.8, 4) is 5.75 Å². The molecule has 0 saturated heterocycles. The van der Waals surface area contributed by atoms with Crippen molar-refractivity contribution < 1.29 is 13.9 Å². The molecule has 0 radical (unpaired) electrons. The van der Waals surface area contributed by atoms with Crippen molar-refractivity contribution in [1.29, 1.82) is 0 Å². The Morgan fingerprint density at radius 2 is 1.90 bits per heavy atom. The Morgan fingerprint density at radius 1 is 1.14 bits per heavy atom. The zero-order valence-electron chi connectivity index (χ0n) is 16.9. The number of furan rings is 1. The quantitative estimate of drug-likeness (QED) is 0.585. The molecule has 1 amide bonds. The lowest BCUT2D eigenvalue weighted by atomic mass is 10.2. The number of carbonyl (C=O) groups excluding carboxylic acids is 1. The van der Waals surface area contributed by atoms with E-state index in [1.165, 1.54) is 16.8 Å². The number of rotatable bonds is 8.